The molecule has 0 amide bonds. The molecule has 0 aromatic rings. The Morgan fingerprint density at radius 1 is 0.872 bits per heavy atom. The van der Waals surface area contributed by atoms with Crippen molar-refractivity contribution in [3.8, 4) is 0 Å². The van der Waals surface area contributed by atoms with Gasteiger partial charge in [0.05, 0.1) is 24.9 Å². The van der Waals surface area contributed by atoms with Crippen LogP contribution < -0.4 is 0 Å². The lowest BCUT2D eigenvalue weighted by Gasteiger charge is -2.49. The van der Waals surface area contributed by atoms with E-state index in [2.05, 4.69) is 0 Å². The lowest BCUT2D eigenvalue weighted by Crippen LogP contribution is -2.64. The Labute approximate surface area is 226 Å². The van der Waals surface area contributed by atoms with Gasteiger partial charge in [0, 0.05) is 12.0 Å². The second-order valence-corrected chi connectivity index (χ2v) is 11.8. The Morgan fingerprint density at radius 3 is 2.28 bits per heavy atom. The number of carbonyl (C=O) groups is 1. The summed E-state index contributed by atoms with van der Waals surface area (Å²) in [6.07, 6.45) is -10.00. The number of carboxylic acids is 1. The van der Waals surface area contributed by atoms with Gasteiger partial charge in [-0.3, -0.25) is 0 Å². The Bertz CT molecular complexity index is 854. The number of fused-ring (bicyclic) bond motifs is 1. The van der Waals surface area contributed by atoms with Crippen molar-refractivity contribution < 1.29 is 63.9 Å². The maximum atomic E-state index is 12.1. The molecule has 3 saturated heterocycles. The molecule has 2 aliphatic carbocycles. The van der Waals surface area contributed by atoms with Gasteiger partial charge in [0.15, 0.2) is 18.7 Å². The molecule has 0 bridgehead atoms. The molecule has 6 unspecified atom stereocenters. The van der Waals surface area contributed by atoms with E-state index in [9.17, 15) is 35.4 Å². The Kier molecular flexibility index (Phi) is 8.87. The number of rotatable bonds is 6. The first-order chi connectivity index (χ1) is 18.6. The fourth-order valence-electron chi connectivity index (χ4n) is 6.46. The molecule has 5 fully saturated rings. The molecule has 13 nitrogen and oxygen atoms in total. The van der Waals surface area contributed by atoms with Crippen molar-refractivity contribution in [3.05, 3.63) is 0 Å². The molecule has 224 valence electrons. The smallest absolute Gasteiger partial charge is 0.333 e. The first-order valence-electron chi connectivity index (χ1n) is 14.0. The molecule has 6 N–H and O–H groups in total. The van der Waals surface area contributed by atoms with Crippen molar-refractivity contribution in [2.24, 2.45) is 11.3 Å². The van der Waals surface area contributed by atoms with E-state index < -0.39 is 97.7 Å². The van der Waals surface area contributed by atoms with Crippen LogP contribution in [0.15, 0.2) is 0 Å². The first-order valence-corrected chi connectivity index (χ1v) is 14.0. The van der Waals surface area contributed by atoms with Crippen LogP contribution in [0, 0.1) is 11.3 Å². The van der Waals surface area contributed by atoms with Crippen LogP contribution in [-0.4, -0.2) is 130 Å². The third kappa shape index (κ3) is 5.73. The molecule has 5 aliphatic rings. The van der Waals surface area contributed by atoms with E-state index >= 15 is 0 Å². The summed E-state index contributed by atoms with van der Waals surface area (Å²) in [5.74, 6) is -1.13. The highest BCUT2D eigenvalue weighted by Gasteiger charge is 2.59. The van der Waals surface area contributed by atoms with Crippen molar-refractivity contribution in [3.63, 3.8) is 0 Å². The maximum Gasteiger partial charge on any atom is 0.333 e. The van der Waals surface area contributed by atoms with Gasteiger partial charge in [0.1, 0.15) is 42.7 Å². The molecule has 14 atom stereocenters. The van der Waals surface area contributed by atoms with Gasteiger partial charge in [-0.15, -0.1) is 0 Å². The minimum absolute atomic E-state index is 0.0296. The highest BCUT2D eigenvalue weighted by Crippen LogP contribution is 2.54. The van der Waals surface area contributed by atoms with Gasteiger partial charge < -0.3 is 59.1 Å². The standard InChI is InChI=1S/C26H42O13/c1-11-4-3-5-13(19(11)39-24-18(31)17(30)15(28)12(2)35-24)36-25-21-20(16(29)14(10-27)37-25)38-22(23(32)33)26(6-7-26)8-9-34-21/h11-22,24-25,27-31H,3-10H2,1-2H3,(H,32,33)/t11-,12?,13-,14?,15-,16+,17?,18+,19?,20?,21?,22+,24+,25-/m1/s1. The van der Waals surface area contributed by atoms with Gasteiger partial charge in [-0.2, -0.15) is 0 Å². The van der Waals surface area contributed by atoms with E-state index in [1.54, 1.807) is 6.92 Å². The second kappa shape index (κ2) is 11.7. The normalized spacial score (nSPS) is 50.0. The zero-order valence-electron chi connectivity index (χ0n) is 22.3. The Hall–Kier alpha value is -0.970. The average molecular weight is 563 g/mol. The molecule has 13 heteroatoms. The fraction of sp³-hybridized carbons (Fsp3) is 0.962. The third-order valence-electron chi connectivity index (χ3n) is 9.16. The molecule has 1 spiro atoms. The van der Waals surface area contributed by atoms with Crippen LogP contribution >= 0.6 is 0 Å². The lowest BCUT2D eigenvalue weighted by atomic mass is 9.85. The van der Waals surface area contributed by atoms with Crippen LogP contribution in [0.1, 0.15) is 52.4 Å². The first kappa shape index (κ1) is 29.5. The van der Waals surface area contributed by atoms with Gasteiger partial charge >= 0.3 is 5.97 Å². The summed E-state index contributed by atoms with van der Waals surface area (Å²) < 4.78 is 36.3. The summed E-state index contributed by atoms with van der Waals surface area (Å²) in [6.45, 7) is 3.23. The minimum Gasteiger partial charge on any atom is -0.479 e. The number of aliphatic hydroxyl groups excluding tert-OH is 5. The number of aliphatic hydroxyl groups is 5. The minimum atomic E-state index is -1.47. The summed E-state index contributed by atoms with van der Waals surface area (Å²) in [5, 5.41) is 61.6. The summed E-state index contributed by atoms with van der Waals surface area (Å²) in [7, 11) is 0. The Morgan fingerprint density at radius 2 is 1.62 bits per heavy atom. The number of hydrogen-bond acceptors (Lipinski definition) is 12. The zero-order valence-corrected chi connectivity index (χ0v) is 22.3. The van der Waals surface area contributed by atoms with Crippen molar-refractivity contribution in [2.75, 3.05) is 13.2 Å². The summed E-state index contributed by atoms with van der Waals surface area (Å²) in [4.78, 5) is 12.1. The summed E-state index contributed by atoms with van der Waals surface area (Å²) in [6, 6.07) is 0. The van der Waals surface area contributed by atoms with E-state index in [-0.39, 0.29) is 12.5 Å². The summed E-state index contributed by atoms with van der Waals surface area (Å²) >= 11 is 0. The monoisotopic (exact) mass is 562 g/mol. The van der Waals surface area contributed by atoms with Crippen molar-refractivity contribution >= 4 is 5.97 Å². The number of aliphatic carboxylic acids is 1. The van der Waals surface area contributed by atoms with Crippen LogP contribution in [-0.2, 0) is 33.2 Å². The zero-order chi connectivity index (χ0) is 28.1. The van der Waals surface area contributed by atoms with Crippen molar-refractivity contribution in [1.82, 2.24) is 0 Å². The van der Waals surface area contributed by atoms with Crippen molar-refractivity contribution in [1.29, 1.82) is 0 Å². The van der Waals surface area contributed by atoms with Gasteiger partial charge in [-0.05, 0) is 44.9 Å². The number of ether oxygens (including phenoxy) is 6. The van der Waals surface area contributed by atoms with Crippen LogP contribution in [0.4, 0.5) is 0 Å². The van der Waals surface area contributed by atoms with Crippen LogP contribution in [0.3, 0.4) is 0 Å². The third-order valence-corrected chi connectivity index (χ3v) is 9.16. The molecule has 0 aromatic heterocycles. The van der Waals surface area contributed by atoms with E-state index in [0.29, 0.717) is 25.7 Å². The topological polar surface area (TPSA) is 194 Å². The van der Waals surface area contributed by atoms with Crippen LogP contribution in [0.25, 0.3) is 0 Å². The highest BCUT2D eigenvalue weighted by molar-refractivity contribution is 5.74. The molecule has 0 aromatic carbocycles. The fourth-order valence-corrected chi connectivity index (χ4v) is 6.46. The molecular weight excluding hydrogens is 520 g/mol. The quantitative estimate of drug-likeness (QED) is 0.228. The molecule has 0 radical (unpaired) electrons. The molecule has 3 heterocycles. The van der Waals surface area contributed by atoms with Crippen LogP contribution in [0.5, 0.6) is 0 Å². The van der Waals surface area contributed by atoms with E-state index in [0.717, 1.165) is 12.8 Å². The van der Waals surface area contributed by atoms with Gasteiger partial charge in [-0.1, -0.05) is 13.3 Å². The predicted octanol–water partition coefficient (Wildman–Crippen LogP) is -1.11. The average Bonchev–Trinajstić information content (AvgIpc) is 3.68. The van der Waals surface area contributed by atoms with Crippen molar-refractivity contribution in [2.45, 2.75) is 132 Å². The van der Waals surface area contributed by atoms with E-state index in [1.165, 1.54) is 0 Å². The lowest BCUT2D eigenvalue weighted by molar-refractivity contribution is -0.356. The molecular formula is C26H42O13. The predicted molar refractivity (Wildman–Crippen MR) is 129 cm³/mol. The van der Waals surface area contributed by atoms with Gasteiger partial charge in [0.2, 0.25) is 0 Å². The largest absolute Gasteiger partial charge is 0.479 e. The maximum absolute atomic E-state index is 12.1. The SMILES string of the molecule is CC1O[C@@H](OC2[C@H](C)CCC[C@H]2O[C@@H]2OC(CO)[C@H](O)C3O[C@@H](C(=O)O)C4(CCOC32)CC4)[C@@H](O)C(O)[C@@H]1O. The van der Waals surface area contributed by atoms with Gasteiger partial charge in [0.25, 0.3) is 0 Å². The van der Waals surface area contributed by atoms with E-state index in [4.69, 9.17) is 28.4 Å². The number of hydrogen-bond donors (Lipinski definition) is 6. The molecule has 2 saturated carbocycles. The van der Waals surface area contributed by atoms with Gasteiger partial charge in [-0.25, -0.2) is 4.79 Å². The van der Waals surface area contributed by atoms with E-state index in [1.807, 2.05) is 6.92 Å². The summed E-state index contributed by atoms with van der Waals surface area (Å²) in [5.41, 5.74) is -0.534. The molecule has 5 rings (SSSR count). The van der Waals surface area contributed by atoms with Crippen LogP contribution in [0.2, 0.25) is 0 Å². The number of carboxylic acid groups (broad SMARTS) is 1. The molecule has 3 aliphatic heterocycles. The molecule has 39 heavy (non-hydrogen) atoms. The Balaban J connectivity index is 1.35. The highest BCUT2D eigenvalue weighted by atomic mass is 16.7. The second-order valence-electron chi connectivity index (χ2n) is 11.8.